The number of ketones is 1. The van der Waals surface area contributed by atoms with E-state index in [0.717, 1.165) is 16.9 Å². The Morgan fingerprint density at radius 3 is 2.56 bits per heavy atom. The molecule has 1 fully saturated rings. The van der Waals surface area contributed by atoms with Gasteiger partial charge >= 0.3 is 11.9 Å². The summed E-state index contributed by atoms with van der Waals surface area (Å²) in [7, 11) is 3.99. The van der Waals surface area contributed by atoms with E-state index in [4.69, 9.17) is 4.74 Å². The van der Waals surface area contributed by atoms with Crippen molar-refractivity contribution in [2.24, 2.45) is 0 Å². The zero-order valence-corrected chi connectivity index (χ0v) is 19.2. The summed E-state index contributed by atoms with van der Waals surface area (Å²) in [5.74, 6) is -2.61. The minimum absolute atomic E-state index is 0.102. The molecular formula is C25H29N2O7+. The van der Waals surface area contributed by atoms with Crippen LogP contribution < -0.4 is 9.47 Å². The Balaban J connectivity index is 1.47. The fourth-order valence-corrected chi connectivity index (χ4v) is 3.43. The van der Waals surface area contributed by atoms with Crippen LogP contribution in [0.4, 0.5) is 5.69 Å². The normalized spacial score (nSPS) is 18.7. The van der Waals surface area contributed by atoms with Crippen molar-refractivity contribution < 1.29 is 38.6 Å². The van der Waals surface area contributed by atoms with Gasteiger partial charge in [-0.3, -0.25) is 9.59 Å². The van der Waals surface area contributed by atoms with Crippen molar-refractivity contribution in [2.45, 2.75) is 37.7 Å². The summed E-state index contributed by atoms with van der Waals surface area (Å²) < 4.78 is 11.6. The third-order valence-corrected chi connectivity index (χ3v) is 5.39. The van der Waals surface area contributed by atoms with Crippen LogP contribution in [0.2, 0.25) is 0 Å². The van der Waals surface area contributed by atoms with Gasteiger partial charge in [-0.25, -0.2) is 4.79 Å². The van der Waals surface area contributed by atoms with Crippen LogP contribution in [-0.2, 0) is 30.4 Å². The fourth-order valence-electron chi connectivity index (χ4n) is 3.43. The molecule has 9 nitrogen and oxygen atoms in total. The molecule has 180 valence electrons. The van der Waals surface area contributed by atoms with Crippen molar-refractivity contribution in [1.29, 1.82) is 0 Å². The SMILES string of the molecule is CN(C)c1ccc(C=Cc2cccc[n+]2CCCC(=O)OCC(O)C2OC(=O)C(O)C2=O)cc1. The Morgan fingerprint density at radius 2 is 1.91 bits per heavy atom. The highest BCUT2D eigenvalue weighted by atomic mass is 16.6. The van der Waals surface area contributed by atoms with E-state index < -0.39 is 42.6 Å². The van der Waals surface area contributed by atoms with Crippen molar-refractivity contribution in [3.05, 3.63) is 59.9 Å². The number of anilines is 1. The molecular weight excluding hydrogens is 440 g/mol. The number of rotatable bonds is 10. The number of aromatic nitrogens is 1. The zero-order chi connectivity index (χ0) is 24.7. The summed E-state index contributed by atoms with van der Waals surface area (Å²) in [4.78, 5) is 36.9. The lowest BCUT2D eigenvalue weighted by Gasteiger charge is -2.15. The molecule has 0 spiro atoms. The third kappa shape index (κ3) is 6.49. The average molecular weight is 470 g/mol. The predicted octanol–water partition coefficient (Wildman–Crippen LogP) is 0.750. The Bertz CT molecular complexity index is 1050. The van der Waals surface area contributed by atoms with Crippen LogP contribution in [-0.4, -0.2) is 66.9 Å². The van der Waals surface area contributed by atoms with Crippen LogP contribution in [0.3, 0.4) is 0 Å². The van der Waals surface area contributed by atoms with E-state index in [9.17, 15) is 24.6 Å². The second-order valence-corrected chi connectivity index (χ2v) is 8.15. The molecule has 0 saturated carbocycles. The molecule has 2 N–H and O–H groups in total. The number of carbonyl (C=O) groups is 3. The maximum atomic E-state index is 12.0. The largest absolute Gasteiger partial charge is 0.463 e. The number of aryl methyl sites for hydroxylation is 1. The number of cyclic esters (lactones) is 1. The van der Waals surface area contributed by atoms with Crippen LogP contribution >= 0.6 is 0 Å². The van der Waals surface area contributed by atoms with Gasteiger partial charge in [0.15, 0.2) is 12.3 Å². The van der Waals surface area contributed by atoms with Crippen LogP contribution in [0.15, 0.2) is 48.7 Å². The molecule has 3 atom stereocenters. The molecule has 0 aliphatic carbocycles. The maximum absolute atomic E-state index is 12.0. The number of carbonyl (C=O) groups excluding carboxylic acids is 3. The molecule has 2 heterocycles. The van der Waals surface area contributed by atoms with Gasteiger partial charge in [0, 0.05) is 44.4 Å². The van der Waals surface area contributed by atoms with Crippen molar-refractivity contribution in [3.8, 4) is 0 Å². The summed E-state index contributed by atoms with van der Waals surface area (Å²) >= 11 is 0. The first-order chi connectivity index (χ1) is 16.3. The number of aliphatic hydroxyl groups excluding tert-OH is 2. The molecule has 3 rings (SSSR count). The molecule has 0 amide bonds. The first-order valence-electron chi connectivity index (χ1n) is 11.0. The quantitative estimate of drug-likeness (QED) is 0.297. The Hall–Kier alpha value is -3.56. The number of nitrogens with zero attached hydrogens (tertiary/aromatic N) is 2. The molecule has 0 radical (unpaired) electrons. The van der Waals surface area contributed by atoms with E-state index in [0.29, 0.717) is 13.0 Å². The molecule has 0 bridgehead atoms. The lowest BCUT2D eigenvalue weighted by molar-refractivity contribution is -0.698. The standard InChI is InChI=1S/C25H29N2O7/c1-26(2)18-11-8-17(9-12-18)10-13-19-6-3-4-14-27(19)15-5-7-21(29)33-16-20(28)24-22(30)23(31)25(32)34-24/h3-4,6,8-14,20,23-24,28,31H,5,7,15-16H2,1-2H3/q+1. The summed E-state index contributed by atoms with van der Waals surface area (Å²) in [6.45, 7) is 0.0664. The molecule has 1 aromatic carbocycles. The van der Waals surface area contributed by atoms with Crippen LogP contribution in [0, 0.1) is 0 Å². The zero-order valence-electron chi connectivity index (χ0n) is 19.2. The second-order valence-electron chi connectivity index (χ2n) is 8.15. The lowest BCUT2D eigenvalue weighted by atomic mass is 10.1. The van der Waals surface area contributed by atoms with Gasteiger partial charge in [-0.05, 0) is 29.8 Å². The van der Waals surface area contributed by atoms with E-state index in [2.05, 4.69) is 16.9 Å². The molecule has 1 aromatic heterocycles. The number of hydrogen-bond acceptors (Lipinski definition) is 8. The summed E-state index contributed by atoms with van der Waals surface area (Å²) in [5, 5.41) is 19.2. The fraction of sp³-hybridized carbons (Fsp3) is 0.360. The number of esters is 2. The number of benzene rings is 1. The first-order valence-corrected chi connectivity index (χ1v) is 11.0. The van der Waals surface area contributed by atoms with Gasteiger partial charge in [-0.1, -0.05) is 12.1 Å². The maximum Gasteiger partial charge on any atom is 0.343 e. The Labute approximate surface area is 197 Å². The van der Waals surface area contributed by atoms with E-state index in [1.54, 1.807) is 0 Å². The first kappa shape index (κ1) is 25.1. The van der Waals surface area contributed by atoms with Crippen molar-refractivity contribution in [3.63, 3.8) is 0 Å². The molecule has 3 unspecified atom stereocenters. The van der Waals surface area contributed by atoms with Gasteiger partial charge in [0.2, 0.25) is 17.6 Å². The van der Waals surface area contributed by atoms with E-state index in [1.807, 2.05) is 72.2 Å². The van der Waals surface area contributed by atoms with Gasteiger partial charge in [-0.15, -0.1) is 0 Å². The minimum Gasteiger partial charge on any atom is -0.463 e. The summed E-state index contributed by atoms with van der Waals surface area (Å²) in [6, 6.07) is 14.0. The van der Waals surface area contributed by atoms with E-state index in [1.165, 1.54) is 0 Å². The predicted molar refractivity (Wildman–Crippen MR) is 123 cm³/mol. The third-order valence-electron chi connectivity index (χ3n) is 5.39. The van der Waals surface area contributed by atoms with Crippen LogP contribution in [0.5, 0.6) is 0 Å². The van der Waals surface area contributed by atoms with Crippen molar-refractivity contribution >= 4 is 35.6 Å². The molecule has 1 saturated heterocycles. The molecule has 1 aliphatic rings. The molecule has 1 aliphatic heterocycles. The number of pyridine rings is 1. The van der Waals surface area contributed by atoms with E-state index >= 15 is 0 Å². The van der Waals surface area contributed by atoms with Gasteiger partial charge in [-0.2, -0.15) is 4.57 Å². The number of ether oxygens (including phenoxy) is 2. The minimum atomic E-state index is -1.90. The monoisotopic (exact) mass is 469 g/mol. The Kier molecular flexibility index (Phi) is 8.50. The average Bonchev–Trinajstić information content (AvgIpc) is 3.09. The van der Waals surface area contributed by atoms with E-state index in [-0.39, 0.29) is 6.42 Å². The summed E-state index contributed by atoms with van der Waals surface area (Å²) in [5.41, 5.74) is 3.17. The number of hydrogen-bond donors (Lipinski definition) is 2. The van der Waals surface area contributed by atoms with Gasteiger partial charge in [0.05, 0.1) is 6.42 Å². The topological polar surface area (TPSA) is 117 Å². The van der Waals surface area contributed by atoms with Crippen molar-refractivity contribution in [1.82, 2.24) is 0 Å². The van der Waals surface area contributed by atoms with Gasteiger partial charge < -0.3 is 24.6 Å². The summed E-state index contributed by atoms with van der Waals surface area (Å²) in [6.07, 6.45) is 1.60. The highest BCUT2D eigenvalue weighted by molar-refractivity contribution is 6.09. The highest BCUT2D eigenvalue weighted by Crippen LogP contribution is 2.16. The lowest BCUT2D eigenvalue weighted by Crippen LogP contribution is -2.38. The number of aliphatic hydroxyl groups is 2. The van der Waals surface area contributed by atoms with Crippen LogP contribution in [0.1, 0.15) is 24.1 Å². The van der Waals surface area contributed by atoms with Crippen LogP contribution in [0.25, 0.3) is 12.2 Å². The second kappa shape index (κ2) is 11.5. The van der Waals surface area contributed by atoms with Gasteiger partial charge in [0.1, 0.15) is 19.3 Å². The molecule has 9 heteroatoms. The Morgan fingerprint density at radius 1 is 1.18 bits per heavy atom. The number of Topliss-reactive ketones (excluding diaryl/α,β-unsaturated/α-hetero) is 1. The van der Waals surface area contributed by atoms with Crippen molar-refractivity contribution in [2.75, 3.05) is 25.6 Å². The molecule has 2 aromatic rings. The van der Waals surface area contributed by atoms with Gasteiger partial charge in [0.25, 0.3) is 0 Å². The molecule has 34 heavy (non-hydrogen) atoms. The highest BCUT2D eigenvalue weighted by Gasteiger charge is 2.46. The smallest absolute Gasteiger partial charge is 0.343 e.